The molecular weight excluding hydrogens is 454 g/mol. The number of rotatable bonds is 5. The second kappa shape index (κ2) is 7.85. The Morgan fingerprint density at radius 1 is 1.06 bits per heavy atom. The molecule has 0 aromatic heterocycles. The largest absolute Gasteiger partial charge is 0.307 e. The molecule has 1 amide bonds. The number of nitrogens with zero attached hydrogens (tertiary/aromatic N) is 3. The molecule has 36 heavy (non-hydrogen) atoms. The fourth-order valence-corrected chi connectivity index (χ4v) is 5.96. The first-order chi connectivity index (χ1) is 17.1. The highest BCUT2D eigenvalue weighted by atomic mass is 16.6. The summed E-state index contributed by atoms with van der Waals surface area (Å²) in [6.45, 7) is 5.49. The van der Waals surface area contributed by atoms with Gasteiger partial charge in [0.1, 0.15) is 10.8 Å². The SMILES string of the molecule is CC(C)(C)C(=O)[C@@]1(C#N)[C@H](c2cccc([N+](=O)[O-])c2)[C@@]12C(=O)N(Cc1ccccc1)c1ccccc12. The van der Waals surface area contributed by atoms with Gasteiger partial charge >= 0.3 is 0 Å². The van der Waals surface area contributed by atoms with E-state index in [0.29, 0.717) is 16.8 Å². The summed E-state index contributed by atoms with van der Waals surface area (Å²) in [6.07, 6.45) is 0. The van der Waals surface area contributed by atoms with Gasteiger partial charge in [-0.1, -0.05) is 81.4 Å². The molecule has 1 aliphatic heterocycles. The van der Waals surface area contributed by atoms with Crippen molar-refractivity contribution in [3.63, 3.8) is 0 Å². The number of nitriles is 1. The molecule has 1 aliphatic carbocycles. The highest BCUT2D eigenvalue weighted by molar-refractivity contribution is 6.19. The molecule has 180 valence electrons. The fraction of sp³-hybridized carbons (Fsp3) is 0.276. The molecule has 1 heterocycles. The van der Waals surface area contributed by atoms with Crippen LogP contribution in [0.5, 0.6) is 0 Å². The molecule has 3 aromatic rings. The van der Waals surface area contributed by atoms with Gasteiger partial charge in [0.2, 0.25) is 5.91 Å². The molecule has 5 rings (SSSR count). The number of non-ortho nitro benzene ring substituents is 1. The van der Waals surface area contributed by atoms with Crippen LogP contribution in [0, 0.1) is 32.3 Å². The number of hydrogen-bond donors (Lipinski definition) is 0. The van der Waals surface area contributed by atoms with Gasteiger partial charge in [-0.05, 0) is 22.8 Å². The van der Waals surface area contributed by atoms with Gasteiger partial charge in [0, 0.05) is 29.2 Å². The van der Waals surface area contributed by atoms with E-state index in [2.05, 4.69) is 6.07 Å². The van der Waals surface area contributed by atoms with E-state index in [1.165, 1.54) is 18.2 Å². The molecule has 3 aromatic carbocycles. The lowest BCUT2D eigenvalue weighted by Crippen LogP contribution is -2.40. The quantitative estimate of drug-likeness (QED) is 0.365. The number of benzene rings is 3. The monoisotopic (exact) mass is 479 g/mol. The number of Topliss-reactive ketones (excluding diaryl/α,β-unsaturated/α-hetero) is 1. The van der Waals surface area contributed by atoms with Gasteiger partial charge in [-0.15, -0.1) is 0 Å². The number of nitro groups is 1. The van der Waals surface area contributed by atoms with Gasteiger partial charge < -0.3 is 4.90 Å². The normalized spacial score (nSPS) is 24.3. The zero-order chi connectivity index (χ0) is 25.9. The lowest BCUT2D eigenvalue weighted by atomic mass is 9.75. The number of nitro benzene ring substituents is 1. The van der Waals surface area contributed by atoms with Gasteiger partial charge in [0.15, 0.2) is 5.78 Å². The number of amides is 1. The zero-order valence-corrected chi connectivity index (χ0v) is 20.3. The van der Waals surface area contributed by atoms with Gasteiger partial charge in [0.05, 0.1) is 17.5 Å². The number of para-hydroxylation sites is 1. The molecule has 2 aliphatic rings. The zero-order valence-electron chi connectivity index (χ0n) is 20.3. The minimum absolute atomic E-state index is 0.149. The Kier molecular flexibility index (Phi) is 5.11. The van der Waals surface area contributed by atoms with Gasteiger partial charge in [-0.2, -0.15) is 5.26 Å². The summed E-state index contributed by atoms with van der Waals surface area (Å²) < 4.78 is 0. The van der Waals surface area contributed by atoms with Crippen molar-refractivity contribution in [1.82, 2.24) is 0 Å². The molecular formula is C29H25N3O4. The maximum absolute atomic E-state index is 14.4. The third-order valence-electron chi connectivity index (χ3n) is 7.42. The number of carbonyl (C=O) groups excluding carboxylic acids is 2. The Bertz CT molecular complexity index is 1450. The summed E-state index contributed by atoms with van der Waals surface area (Å²) in [5, 5.41) is 22.2. The summed E-state index contributed by atoms with van der Waals surface area (Å²) in [6, 6.07) is 25.0. The lowest BCUT2D eigenvalue weighted by molar-refractivity contribution is -0.384. The molecule has 7 nitrogen and oxygen atoms in total. The second-order valence-electron chi connectivity index (χ2n) is 10.5. The summed E-state index contributed by atoms with van der Waals surface area (Å²) in [5.74, 6) is -1.53. The van der Waals surface area contributed by atoms with Crippen LogP contribution in [-0.2, 0) is 21.5 Å². The van der Waals surface area contributed by atoms with Crippen LogP contribution in [0.3, 0.4) is 0 Å². The first-order valence-corrected chi connectivity index (χ1v) is 11.8. The van der Waals surface area contributed by atoms with E-state index in [0.717, 1.165) is 5.56 Å². The predicted molar refractivity (Wildman–Crippen MR) is 134 cm³/mol. The molecule has 1 spiro atoms. The van der Waals surface area contributed by atoms with Crippen molar-refractivity contribution in [2.75, 3.05) is 4.90 Å². The molecule has 0 radical (unpaired) electrons. The highest BCUT2D eigenvalue weighted by Gasteiger charge is 2.89. The van der Waals surface area contributed by atoms with Crippen molar-refractivity contribution in [2.45, 2.75) is 38.6 Å². The van der Waals surface area contributed by atoms with Crippen LogP contribution in [0.25, 0.3) is 0 Å². The molecule has 0 N–H and O–H groups in total. The third kappa shape index (κ3) is 2.97. The summed E-state index contributed by atoms with van der Waals surface area (Å²) in [4.78, 5) is 41.2. The first kappa shape index (κ1) is 23.4. The predicted octanol–water partition coefficient (Wildman–Crippen LogP) is 5.30. The van der Waals surface area contributed by atoms with Crippen LogP contribution in [0.15, 0.2) is 78.9 Å². The van der Waals surface area contributed by atoms with Crippen LogP contribution in [-0.4, -0.2) is 16.6 Å². The van der Waals surface area contributed by atoms with E-state index < -0.39 is 27.1 Å². The number of anilines is 1. The molecule has 3 atom stereocenters. The Morgan fingerprint density at radius 3 is 2.36 bits per heavy atom. The molecule has 1 saturated carbocycles. The Labute approximate surface area is 209 Å². The van der Waals surface area contributed by atoms with E-state index in [4.69, 9.17) is 0 Å². The number of carbonyl (C=O) groups is 2. The van der Waals surface area contributed by atoms with Gasteiger partial charge in [-0.3, -0.25) is 19.7 Å². The molecule has 7 heteroatoms. The molecule has 0 saturated heterocycles. The van der Waals surface area contributed by atoms with Crippen LogP contribution >= 0.6 is 0 Å². The average molecular weight is 480 g/mol. The number of fused-ring (bicyclic) bond motifs is 2. The topological polar surface area (TPSA) is 104 Å². The van der Waals surface area contributed by atoms with Crippen LogP contribution < -0.4 is 4.90 Å². The van der Waals surface area contributed by atoms with Crippen molar-refractivity contribution in [2.24, 2.45) is 10.8 Å². The van der Waals surface area contributed by atoms with Gasteiger partial charge in [-0.25, -0.2) is 0 Å². The Balaban J connectivity index is 1.76. The van der Waals surface area contributed by atoms with E-state index >= 15 is 0 Å². The van der Waals surface area contributed by atoms with Crippen LogP contribution in [0.4, 0.5) is 11.4 Å². The molecule has 0 unspecified atom stereocenters. The van der Waals surface area contributed by atoms with Crippen LogP contribution in [0.1, 0.15) is 43.4 Å². The summed E-state index contributed by atoms with van der Waals surface area (Å²) >= 11 is 0. The van der Waals surface area contributed by atoms with E-state index in [1.807, 2.05) is 42.5 Å². The highest BCUT2D eigenvalue weighted by Crippen LogP contribution is 2.79. The Hall–Kier alpha value is -4.31. The van der Waals surface area contributed by atoms with Crippen molar-refractivity contribution < 1.29 is 14.5 Å². The molecule has 0 bridgehead atoms. The maximum atomic E-state index is 14.4. The van der Waals surface area contributed by atoms with Crippen molar-refractivity contribution in [3.05, 3.63) is 106 Å². The van der Waals surface area contributed by atoms with Crippen molar-refractivity contribution in [3.8, 4) is 6.07 Å². The minimum Gasteiger partial charge on any atom is -0.307 e. The van der Waals surface area contributed by atoms with Gasteiger partial charge in [0.25, 0.3) is 5.69 Å². The summed E-state index contributed by atoms with van der Waals surface area (Å²) in [5.41, 5.74) is -1.61. The molecule has 1 fully saturated rings. The average Bonchev–Trinajstić information content (AvgIpc) is 3.43. The maximum Gasteiger partial charge on any atom is 0.269 e. The van der Waals surface area contributed by atoms with Crippen molar-refractivity contribution >= 4 is 23.1 Å². The third-order valence-corrected chi connectivity index (χ3v) is 7.42. The van der Waals surface area contributed by atoms with E-state index in [-0.39, 0.29) is 23.9 Å². The fourth-order valence-electron chi connectivity index (χ4n) is 5.96. The first-order valence-electron chi connectivity index (χ1n) is 11.8. The number of hydrogen-bond acceptors (Lipinski definition) is 5. The van der Waals surface area contributed by atoms with E-state index in [9.17, 15) is 25.0 Å². The van der Waals surface area contributed by atoms with Crippen molar-refractivity contribution in [1.29, 1.82) is 5.26 Å². The van der Waals surface area contributed by atoms with Crippen LogP contribution in [0.2, 0.25) is 0 Å². The number of ketones is 1. The second-order valence-corrected chi connectivity index (χ2v) is 10.5. The minimum atomic E-state index is -1.70. The smallest absolute Gasteiger partial charge is 0.269 e. The summed E-state index contributed by atoms with van der Waals surface area (Å²) in [7, 11) is 0. The Morgan fingerprint density at radius 2 is 1.72 bits per heavy atom. The standard InChI is InChI=1S/C29H25N3O4/c1-27(2,3)25(33)28(18-30)24(20-12-9-13-21(16-20)32(35)36)29(28)22-14-7-8-15-23(22)31(26(29)34)17-19-10-5-4-6-11-19/h4-16,24H,17H2,1-3H3/t24-,28+,29-/m0/s1. The lowest BCUT2D eigenvalue weighted by Gasteiger charge is -2.23. The van der Waals surface area contributed by atoms with E-state index in [1.54, 1.807) is 43.9 Å².